The van der Waals surface area contributed by atoms with Gasteiger partial charge in [0.1, 0.15) is 11.6 Å². The molecule has 1 amide bonds. The summed E-state index contributed by atoms with van der Waals surface area (Å²) in [7, 11) is 0. The quantitative estimate of drug-likeness (QED) is 0.293. The number of anilines is 2. The van der Waals surface area contributed by atoms with Crippen LogP contribution in [0.3, 0.4) is 0 Å². The molecule has 0 spiro atoms. The van der Waals surface area contributed by atoms with E-state index in [0.717, 1.165) is 11.3 Å². The summed E-state index contributed by atoms with van der Waals surface area (Å²) in [4.78, 5) is 16.5. The molecule has 2 heterocycles. The van der Waals surface area contributed by atoms with Crippen molar-refractivity contribution in [3.8, 4) is 28.2 Å². The first kappa shape index (κ1) is 23.3. The van der Waals surface area contributed by atoms with Gasteiger partial charge in [0.2, 0.25) is 11.0 Å². The van der Waals surface area contributed by atoms with Crippen molar-refractivity contribution in [3.63, 3.8) is 0 Å². The first-order chi connectivity index (χ1) is 16.4. The maximum absolute atomic E-state index is 11.8. The van der Waals surface area contributed by atoms with Crippen molar-refractivity contribution in [2.45, 2.75) is 26.8 Å². The Morgan fingerprint density at radius 1 is 1.29 bits per heavy atom. The lowest BCUT2D eigenvalue weighted by atomic mass is 10.1. The van der Waals surface area contributed by atoms with Gasteiger partial charge < -0.3 is 15.7 Å². The Morgan fingerprint density at radius 2 is 2.06 bits per heavy atom. The fourth-order valence-electron chi connectivity index (χ4n) is 3.34. The molecule has 172 valence electrons. The van der Waals surface area contributed by atoms with Crippen molar-refractivity contribution in [2.75, 3.05) is 10.6 Å². The van der Waals surface area contributed by atoms with Gasteiger partial charge in [-0.15, -0.1) is 11.3 Å². The number of aromatic nitrogens is 3. The molecule has 0 aliphatic carbocycles. The molecular weight excluding hydrogens is 472 g/mol. The number of aromatic hydroxyl groups is 1. The largest absolute Gasteiger partial charge is 0.504 e. The SMILES string of the molecule is CCC(=O)Nc1cc(CNc2c(C#N)c(C)nn2-c2nc(-c3ccccc3)cs2)cc(Cl)c1O. The van der Waals surface area contributed by atoms with E-state index in [0.29, 0.717) is 27.8 Å². The predicted octanol–water partition coefficient (Wildman–Crippen LogP) is 5.50. The van der Waals surface area contributed by atoms with Crippen molar-refractivity contribution >= 4 is 40.4 Å². The highest BCUT2D eigenvalue weighted by Gasteiger charge is 2.19. The average Bonchev–Trinajstić information content (AvgIpc) is 3.45. The molecule has 3 N–H and O–H groups in total. The summed E-state index contributed by atoms with van der Waals surface area (Å²) in [5, 5.41) is 33.0. The molecule has 4 aromatic rings. The highest BCUT2D eigenvalue weighted by atomic mass is 35.5. The minimum Gasteiger partial charge on any atom is -0.504 e. The molecule has 0 aliphatic heterocycles. The van der Waals surface area contributed by atoms with Crippen molar-refractivity contribution < 1.29 is 9.90 Å². The number of carbonyl (C=O) groups is 1. The molecule has 8 nitrogen and oxygen atoms in total. The van der Waals surface area contributed by atoms with Crippen LogP contribution in [-0.2, 0) is 11.3 Å². The van der Waals surface area contributed by atoms with Gasteiger partial charge in [-0.1, -0.05) is 48.9 Å². The van der Waals surface area contributed by atoms with Gasteiger partial charge in [0, 0.05) is 23.9 Å². The zero-order chi connectivity index (χ0) is 24.2. The summed E-state index contributed by atoms with van der Waals surface area (Å²) >= 11 is 7.59. The molecule has 0 fully saturated rings. The Kier molecular flexibility index (Phi) is 6.82. The summed E-state index contributed by atoms with van der Waals surface area (Å²) in [6.07, 6.45) is 0.266. The van der Waals surface area contributed by atoms with E-state index in [1.165, 1.54) is 11.3 Å². The third kappa shape index (κ3) is 4.73. The highest BCUT2D eigenvalue weighted by Crippen LogP contribution is 2.34. The number of aryl methyl sites for hydroxylation is 1. The number of phenols is 1. The monoisotopic (exact) mass is 492 g/mol. The van der Waals surface area contributed by atoms with Crippen LogP contribution < -0.4 is 10.6 Å². The number of phenolic OH excluding ortho intramolecular Hbond substituents is 1. The molecule has 2 aromatic carbocycles. The molecule has 0 saturated heterocycles. The second-order valence-corrected chi connectivity index (χ2v) is 8.69. The van der Waals surface area contributed by atoms with Crippen LogP contribution in [0.4, 0.5) is 11.5 Å². The summed E-state index contributed by atoms with van der Waals surface area (Å²) in [6, 6.07) is 15.3. The summed E-state index contributed by atoms with van der Waals surface area (Å²) in [5.41, 5.74) is 3.72. The van der Waals surface area contributed by atoms with Crippen molar-refractivity contribution in [1.29, 1.82) is 5.26 Å². The lowest BCUT2D eigenvalue weighted by Gasteiger charge is -2.13. The summed E-state index contributed by atoms with van der Waals surface area (Å²) in [6.45, 7) is 3.75. The number of carbonyl (C=O) groups excluding carboxylic acids is 1. The number of halogens is 1. The topological polar surface area (TPSA) is 116 Å². The van der Waals surface area contributed by atoms with E-state index in [1.807, 2.05) is 35.7 Å². The van der Waals surface area contributed by atoms with E-state index in [1.54, 1.807) is 30.7 Å². The Morgan fingerprint density at radius 3 is 2.76 bits per heavy atom. The number of thiazole rings is 1. The molecule has 0 aliphatic rings. The number of rotatable bonds is 7. The third-order valence-electron chi connectivity index (χ3n) is 5.09. The van der Waals surface area contributed by atoms with Gasteiger partial charge in [-0.25, -0.2) is 4.98 Å². The van der Waals surface area contributed by atoms with Gasteiger partial charge in [-0.3, -0.25) is 4.79 Å². The number of amides is 1. The van der Waals surface area contributed by atoms with Gasteiger partial charge in [-0.2, -0.15) is 15.0 Å². The van der Waals surface area contributed by atoms with Crippen LogP contribution in [0, 0.1) is 18.3 Å². The van der Waals surface area contributed by atoms with Crippen LogP contribution in [0.2, 0.25) is 5.02 Å². The fraction of sp³-hybridized carbons (Fsp3) is 0.167. The predicted molar refractivity (Wildman–Crippen MR) is 133 cm³/mol. The van der Waals surface area contributed by atoms with Crippen molar-refractivity contribution in [1.82, 2.24) is 14.8 Å². The van der Waals surface area contributed by atoms with Crippen LogP contribution in [0.1, 0.15) is 30.2 Å². The first-order valence-corrected chi connectivity index (χ1v) is 11.7. The van der Waals surface area contributed by atoms with Crippen LogP contribution in [-0.4, -0.2) is 25.8 Å². The Balaban J connectivity index is 1.65. The summed E-state index contributed by atoms with van der Waals surface area (Å²) in [5.74, 6) is 0.0641. The third-order valence-corrected chi connectivity index (χ3v) is 6.20. The van der Waals surface area contributed by atoms with Crippen LogP contribution in [0.5, 0.6) is 5.75 Å². The molecule has 0 atom stereocenters. The normalized spacial score (nSPS) is 10.6. The molecule has 10 heteroatoms. The number of benzene rings is 2. The number of hydrogen-bond acceptors (Lipinski definition) is 7. The van der Waals surface area contributed by atoms with Crippen LogP contribution in [0.25, 0.3) is 16.4 Å². The Labute approximate surface area is 205 Å². The molecule has 0 saturated carbocycles. The molecule has 2 aromatic heterocycles. The van der Waals surface area contributed by atoms with Gasteiger partial charge in [0.15, 0.2) is 11.6 Å². The average molecular weight is 493 g/mol. The number of nitrogens with one attached hydrogen (secondary N) is 2. The van der Waals surface area contributed by atoms with E-state index in [9.17, 15) is 15.2 Å². The smallest absolute Gasteiger partial charge is 0.224 e. The number of hydrogen-bond donors (Lipinski definition) is 3. The lowest BCUT2D eigenvalue weighted by molar-refractivity contribution is -0.115. The van der Waals surface area contributed by atoms with Crippen molar-refractivity contribution in [3.05, 3.63) is 69.7 Å². The standard InChI is InChI=1S/C24H21ClN6O2S/c1-3-21(32)28-19-10-15(9-18(25)22(19)33)12-27-23-17(11-26)14(2)30-31(23)24-29-20(13-34-24)16-7-5-4-6-8-16/h4-10,13,27,33H,3,12H2,1-2H3,(H,28,32). The minimum atomic E-state index is -0.241. The lowest BCUT2D eigenvalue weighted by Crippen LogP contribution is -2.11. The van der Waals surface area contributed by atoms with Gasteiger partial charge in [0.25, 0.3) is 0 Å². The molecular formula is C24H21ClN6O2S. The van der Waals surface area contributed by atoms with Crippen molar-refractivity contribution in [2.24, 2.45) is 0 Å². The van der Waals surface area contributed by atoms with E-state index >= 15 is 0 Å². The number of nitriles is 1. The van der Waals surface area contributed by atoms with Crippen LogP contribution in [0.15, 0.2) is 47.8 Å². The molecule has 4 rings (SSSR count). The van der Waals surface area contributed by atoms with E-state index < -0.39 is 0 Å². The zero-order valence-corrected chi connectivity index (χ0v) is 20.0. The molecule has 0 radical (unpaired) electrons. The van der Waals surface area contributed by atoms with E-state index in [4.69, 9.17) is 16.6 Å². The van der Waals surface area contributed by atoms with E-state index in [-0.39, 0.29) is 35.3 Å². The number of nitrogens with zero attached hydrogens (tertiary/aromatic N) is 4. The highest BCUT2D eigenvalue weighted by molar-refractivity contribution is 7.12. The first-order valence-electron chi connectivity index (χ1n) is 10.5. The Hall–Kier alpha value is -3.87. The van der Waals surface area contributed by atoms with Gasteiger partial charge in [-0.05, 0) is 24.6 Å². The maximum atomic E-state index is 11.8. The van der Waals surface area contributed by atoms with Gasteiger partial charge in [0.05, 0.1) is 22.1 Å². The molecule has 34 heavy (non-hydrogen) atoms. The van der Waals surface area contributed by atoms with Crippen LogP contribution >= 0.6 is 22.9 Å². The molecule has 0 unspecified atom stereocenters. The Bertz CT molecular complexity index is 1390. The second kappa shape index (κ2) is 9.95. The van der Waals surface area contributed by atoms with E-state index in [2.05, 4.69) is 21.8 Å². The fourth-order valence-corrected chi connectivity index (χ4v) is 4.37. The second-order valence-electron chi connectivity index (χ2n) is 7.44. The minimum absolute atomic E-state index is 0.114. The van der Waals surface area contributed by atoms with Gasteiger partial charge >= 0.3 is 0 Å². The maximum Gasteiger partial charge on any atom is 0.224 e. The zero-order valence-electron chi connectivity index (χ0n) is 18.5. The molecule has 0 bridgehead atoms. The summed E-state index contributed by atoms with van der Waals surface area (Å²) < 4.78 is 1.62.